The van der Waals surface area contributed by atoms with Gasteiger partial charge in [-0.15, -0.1) is 0 Å². The Morgan fingerprint density at radius 1 is 1.03 bits per heavy atom. The van der Waals surface area contributed by atoms with Gasteiger partial charge in [0.25, 0.3) is 0 Å². The maximum Gasteiger partial charge on any atom is 0.180 e. The third-order valence-corrected chi connectivity index (χ3v) is 5.97. The fraction of sp³-hybridized carbons (Fsp3) is 0.200. The second-order valence-corrected chi connectivity index (χ2v) is 8.15. The molecule has 0 atom stereocenters. The van der Waals surface area contributed by atoms with E-state index in [-0.39, 0.29) is 5.78 Å². The highest BCUT2D eigenvalue weighted by atomic mass is 16.5. The van der Waals surface area contributed by atoms with Gasteiger partial charge in [-0.25, -0.2) is 9.97 Å². The van der Waals surface area contributed by atoms with Gasteiger partial charge in [-0.1, -0.05) is 6.07 Å². The molecule has 1 N–H and O–H groups in total. The summed E-state index contributed by atoms with van der Waals surface area (Å²) in [6.07, 6.45) is 7.36. The van der Waals surface area contributed by atoms with Crippen LogP contribution in [0.15, 0.2) is 66.0 Å². The van der Waals surface area contributed by atoms with Crippen molar-refractivity contribution in [2.24, 2.45) is 4.99 Å². The van der Waals surface area contributed by atoms with Crippen LogP contribution in [-0.2, 0) is 16.0 Å². The van der Waals surface area contributed by atoms with Gasteiger partial charge in [0.05, 0.1) is 30.8 Å². The van der Waals surface area contributed by atoms with Crippen molar-refractivity contribution in [2.75, 3.05) is 36.5 Å². The molecule has 4 heterocycles. The summed E-state index contributed by atoms with van der Waals surface area (Å²) < 4.78 is 7.40. The van der Waals surface area contributed by atoms with Crippen LogP contribution in [0.1, 0.15) is 5.56 Å². The van der Waals surface area contributed by atoms with E-state index in [0.717, 1.165) is 60.1 Å². The molecule has 33 heavy (non-hydrogen) atoms. The minimum Gasteiger partial charge on any atom is -0.378 e. The van der Waals surface area contributed by atoms with Crippen LogP contribution in [0.4, 0.5) is 22.9 Å². The van der Waals surface area contributed by atoms with Crippen molar-refractivity contribution in [2.45, 2.75) is 6.42 Å². The number of aliphatic imine (C=N–C) groups is 1. The van der Waals surface area contributed by atoms with Gasteiger partial charge >= 0.3 is 0 Å². The molecule has 0 aliphatic carbocycles. The Balaban J connectivity index is 1.32. The number of Topliss-reactive ketones (excluding diaryl/α,β-unsaturated/α-hetero) is 1. The number of anilines is 3. The molecular formula is C25H22N6O2. The Labute approximate surface area is 190 Å². The first-order chi connectivity index (χ1) is 16.2. The summed E-state index contributed by atoms with van der Waals surface area (Å²) in [5.74, 6) is 0.684. The SMILES string of the molecule is O=C1C=Nc2ccc(-c3cn4ccnc4c(Nc4ccc(N5CCOCC5)cc4)n3)cc2C1. The van der Waals surface area contributed by atoms with Gasteiger partial charge in [0.1, 0.15) is 0 Å². The summed E-state index contributed by atoms with van der Waals surface area (Å²) in [5.41, 5.74) is 6.34. The van der Waals surface area contributed by atoms with Crippen LogP contribution in [0.25, 0.3) is 16.9 Å². The van der Waals surface area contributed by atoms with Crippen LogP contribution in [0.2, 0.25) is 0 Å². The molecule has 164 valence electrons. The molecule has 0 radical (unpaired) electrons. The smallest absolute Gasteiger partial charge is 0.180 e. The molecule has 8 heteroatoms. The Morgan fingerprint density at radius 3 is 2.73 bits per heavy atom. The average molecular weight is 438 g/mol. The van der Waals surface area contributed by atoms with E-state index < -0.39 is 0 Å². The Hall–Kier alpha value is -4.04. The highest BCUT2D eigenvalue weighted by molar-refractivity contribution is 6.29. The number of fused-ring (bicyclic) bond motifs is 2. The van der Waals surface area contributed by atoms with E-state index in [1.807, 2.05) is 35.0 Å². The van der Waals surface area contributed by atoms with Crippen molar-refractivity contribution in [3.63, 3.8) is 0 Å². The van der Waals surface area contributed by atoms with E-state index in [2.05, 4.69) is 44.5 Å². The molecule has 0 amide bonds. The molecule has 0 saturated carbocycles. The molecule has 4 aromatic rings. The Kier molecular flexibility index (Phi) is 4.84. The number of morpholine rings is 1. The summed E-state index contributed by atoms with van der Waals surface area (Å²) in [5, 5.41) is 3.43. The Bertz CT molecular complexity index is 1370. The van der Waals surface area contributed by atoms with Gasteiger partial charge < -0.3 is 19.4 Å². The molecule has 8 nitrogen and oxygen atoms in total. The zero-order valence-corrected chi connectivity index (χ0v) is 17.9. The molecule has 2 aromatic heterocycles. The van der Waals surface area contributed by atoms with Gasteiger partial charge in [0, 0.05) is 55.0 Å². The number of imidazole rings is 1. The van der Waals surface area contributed by atoms with Gasteiger partial charge in [-0.05, 0) is 42.0 Å². The third-order valence-electron chi connectivity index (χ3n) is 5.97. The van der Waals surface area contributed by atoms with E-state index >= 15 is 0 Å². The summed E-state index contributed by atoms with van der Waals surface area (Å²) in [6.45, 7) is 3.33. The standard InChI is InChI=1S/C25H22N6O2/c32-21-14-18-13-17(1-6-22(18)27-15-21)23-16-31-8-7-26-25(31)24(29-23)28-19-2-4-20(5-3-19)30-9-11-33-12-10-30/h1-8,13,15-16H,9-12,14H2,(H,28,29). The molecule has 2 aliphatic rings. The monoisotopic (exact) mass is 438 g/mol. The number of ketones is 1. The molecule has 2 aliphatic heterocycles. The number of ether oxygens (including phenoxy) is 1. The number of nitrogens with zero attached hydrogens (tertiary/aromatic N) is 5. The van der Waals surface area contributed by atoms with E-state index in [4.69, 9.17) is 9.72 Å². The number of carbonyl (C=O) groups excluding carboxylic acids is 1. The molecule has 0 unspecified atom stereocenters. The summed E-state index contributed by atoms with van der Waals surface area (Å²) in [4.78, 5) is 27.7. The number of hydrogen-bond acceptors (Lipinski definition) is 7. The number of hydrogen-bond donors (Lipinski definition) is 1. The second kappa shape index (κ2) is 8.14. The third kappa shape index (κ3) is 3.85. The van der Waals surface area contributed by atoms with Crippen molar-refractivity contribution < 1.29 is 9.53 Å². The molecule has 0 bridgehead atoms. The van der Waals surface area contributed by atoms with E-state index in [9.17, 15) is 4.79 Å². The number of rotatable bonds is 4. The molecule has 2 aromatic carbocycles. The van der Waals surface area contributed by atoms with Crippen LogP contribution in [0, 0.1) is 0 Å². The predicted octanol–water partition coefficient (Wildman–Crippen LogP) is 3.80. The number of aromatic nitrogens is 3. The zero-order chi connectivity index (χ0) is 22.2. The first-order valence-corrected chi connectivity index (χ1v) is 11.0. The van der Waals surface area contributed by atoms with Gasteiger partial charge in [0.15, 0.2) is 17.2 Å². The van der Waals surface area contributed by atoms with E-state index in [1.54, 1.807) is 6.20 Å². The maximum atomic E-state index is 11.8. The normalized spacial score (nSPS) is 15.6. The minimum atomic E-state index is 0.0144. The van der Waals surface area contributed by atoms with Gasteiger partial charge in [-0.2, -0.15) is 0 Å². The quantitative estimate of drug-likeness (QED) is 0.522. The lowest BCUT2D eigenvalue weighted by Crippen LogP contribution is -2.36. The van der Waals surface area contributed by atoms with Crippen molar-refractivity contribution in [3.8, 4) is 11.3 Å². The molecule has 1 fully saturated rings. The average Bonchev–Trinajstić information content (AvgIpc) is 3.34. The van der Waals surface area contributed by atoms with Crippen LogP contribution in [-0.4, -0.2) is 52.7 Å². The van der Waals surface area contributed by atoms with Crippen molar-refractivity contribution in [1.82, 2.24) is 14.4 Å². The van der Waals surface area contributed by atoms with Crippen LogP contribution < -0.4 is 10.2 Å². The van der Waals surface area contributed by atoms with Crippen molar-refractivity contribution in [1.29, 1.82) is 0 Å². The topological polar surface area (TPSA) is 84.1 Å². The molecule has 0 spiro atoms. The minimum absolute atomic E-state index is 0.0144. The van der Waals surface area contributed by atoms with Crippen LogP contribution in [0.3, 0.4) is 0 Å². The summed E-state index contributed by atoms with van der Waals surface area (Å²) in [7, 11) is 0. The lowest BCUT2D eigenvalue weighted by molar-refractivity contribution is -0.112. The van der Waals surface area contributed by atoms with E-state index in [0.29, 0.717) is 12.2 Å². The summed E-state index contributed by atoms with van der Waals surface area (Å²) >= 11 is 0. The summed E-state index contributed by atoms with van der Waals surface area (Å²) in [6, 6.07) is 14.3. The first-order valence-electron chi connectivity index (χ1n) is 11.0. The molecular weight excluding hydrogens is 416 g/mol. The second-order valence-electron chi connectivity index (χ2n) is 8.15. The first kappa shape index (κ1) is 19.6. The predicted molar refractivity (Wildman–Crippen MR) is 128 cm³/mol. The Morgan fingerprint density at radius 2 is 1.88 bits per heavy atom. The fourth-order valence-corrected chi connectivity index (χ4v) is 4.26. The lowest BCUT2D eigenvalue weighted by atomic mass is 10.0. The van der Waals surface area contributed by atoms with Gasteiger partial charge in [-0.3, -0.25) is 9.79 Å². The fourth-order valence-electron chi connectivity index (χ4n) is 4.26. The largest absolute Gasteiger partial charge is 0.378 e. The van der Waals surface area contributed by atoms with Crippen LogP contribution >= 0.6 is 0 Å². The van der Waals surface area contributed by atoms with Gasteiger partial charge in [0.2, 0.25) is 0 Å². The van der Waals surface area contributed by atoms with Crippen molar-refractivity contribution >= 4 is 40.5 Å². The molecule has 1 saturated heterocycles. The zero-order valence-electron chi connectivity index (χ0n) is 17.9. The highest BCUT2D eigenvalue weighted by Crippen LogP contribution is 2.30. The number of carbonyl (C=O) groups is 1. The number of benzene rings is 2. The van der Waals surface area contributed by atoms with Crippen molar-refractivity contribution in [3.05, 3.63) is 66.6 Å². The maximum absolute atomic E-state index is 11.8. The van der Waals surface area contributed by atoms with Crippen LogP contribution in [0.5, 0.6) is 0 Å². The lowest BCUT2D eigenvalue weighted by Gasteiger charge is -2.28. The highest BCUT2D eigenvalue weighted by Gasteiger charge is 2.16. The molecule has 6 rings (SSSR count). The van der Waals surface area contributed by atoms with E-state index in [1.165, 1.54) is 11.9 Å². The number of nitrogens with one attached hydrogen (secondary N) is 1.